The highest BCUT2D eigenvalue weighted by Gasteiger charge is 2.34. The van der Waals surface area contributed by atoms with E-state index in [4.69, 9.17) is 4.74 Å². The molecule has 0 aromatic carbocycles. The van der Waals surface area contributed by atoms with E-state index in [0.717, 1.165) is 18.0 Å². The van der Waals surface area contributed by atoms with Crippen molar-refractivity contribution in [1.29, 1.82) is 0 Å². The summed E-state index contributed by atoms with van der Waals surface area (Å²) in [7, 11) is 1.68. The molecule has 1 N–H and O–H groups in total. The molecule has 2 fully saturated rings. The highest BCUT2D eigenvalue weighted by molar-refractivity contribution is 5.20. The van der Waals surface area contributed by atoms with Gasteiger partial charge in [-0.1, -0.05) is 6.07 Å². The van der Waals surface area contributed by atoms with Gasteiger partial charge in [0, 0.05) is 29.8 Å². The molecular weight excluding hydrogens is 200 g/mol. The predicted octanol–water partition coefficient (Wildman–Crippen LogP) is 2.09. The van der Waals surface area contributed by atoms with Gasteiger partial charge < -0.3 is 10.1 Å². The van der Waals surface area contributed by atoms with Gasteiger partial charge in [-0.15, -0.1) is 0 Å². The van der Waals surface area contributed by atoms with Gasteiger partial charge in [0.25, 0.3) is 0 Å². The number of piperidine rings is 1. The van der Waals surface area contributed by atoms with E-state index >= 15 is 0 Å². The van der Waals surface area contributed by atoms with Crippen molar-refractivity contribution in [2.75, 3.05) is 7.11 Å². The molecule has 1 aromatic rings. The zero-order valence-corrected chi connectivity index (χ0v) is 9.65. The second-order valence-corrected chi connectivity index (χ2v) is 4.91. The maximum atomic E-state index is 5.19. The van der Waals surface area contributed by atoms with Crippen molar-refractivity contribution < 1.29 is 4.74 Å². The highest BCUT2D eigenvalue weighted by atomic mass is 16.5. The summed E-state index contributed by atoms with van der Waals surface area (Å²) < 4.78 is 5.19. The molecule has 0 aliphatic carbocycles. The molecule has 1 aromatic heterocycles. The number of ether oxygens (including phenoxy) is 1. The van der Waals surface area contributed by atoms with Crippen molar-refractivity contribution in [3.63, 3.8) is 0 Å². The molecule has 16 heavy (non-hydrogen) atoms. The average molecular weight is 218 g/mol. The molecule has 3 heteroatoms. The van der Waals surface area contributed by atoms with Crippen molar-refractivity contribution >= 4 is 0 Å². The van der Waals surface area contributed by atoms with Crippen LogP contribution in [0.15, 0.2) is 18.2 Å². The van der Waals surface area contributed by atoms with E-state index in [1.54, 1.807) is 7.11 Å². The van der Waals surface area contributed by atoms with Crippen LogP contribution in [0, 0.1) is 0 Å². The van der Waals surface area contributed by atoms with Crippen molar-refractivity contribution in [3.8, 4) is 5.88 Å². The van der Waals surface area contributed by atoms with Gasteiger partial charge in [-0.3, -0.25) is 0 Å². The number of hydrogen-bond acceptors (Lipinski definition) is 3. The molecule has 3 nitrogen and oxygen atoms in total. The quantitative estimate of drug-likeness (QED) is 0.825. The third-order valence-corrected chi connectivity index (χ3v) is 3.85. The van der Waals surface area contributed by atoms with Gasteiger partial charge in [-0.05, 0) is 31.7 Å². The Kier molecular flexibility index (Phi) is 2.56. The van der Waals surface area contributed by atoms with E-state index in [-0.39, 0.29) is 0 Å². The molecule has 3 heterocycles. The smallest absolute Gasteiger partial charge is 0.213 e. The monoisotopic (exact) mass is 218 g/mol. The first-order chi connectivity index (χ1) is 7.85. The molecular formula is C13H18N2O. The number of fused-ring (bicyclic) bond motifs is 2. The van der Waals surface area contributed by atoms with Gasteiger partial charge in [0.1, 0.15) is 0 Å². The first kappa shape index (κ1) is 10.1. The fourth-order valence-electron chi connectivity index (χ4n) is 3.07. The van der Waals surface area contributed by atoms with E-state index in [2.05, 4.69) is 16.4 Å². The third-order valence-electron chi connectivity index (χ3n) is 3.85. The number of methoxy groups -OCH3 is 1. The van der Waals surface area contributed by atoms with Crippen LogP contribution in [0.2, 0.25) is 0 Å². The minimum atomic E-state index is 0.619. The summed E-state index contributed by atoms with van der Waals surface area (Å²) in [6.07, 6.45) is 5.14. The van der Waals surface area contributed by atoms with E-state index in [1.807, 2.05) is 12.1 Å². The lowest BCUT2D eigenvalue weighted by Gasteiger charge is -2.28. The van der Waals surface area contributed by atoms with Crippen LogP contribution in [-0.4, -0.2) is 24.2 Å². The lowest BCUT2D eigenvalue weighted by Crippen LogP contribution is -2.37. The minimum Gasteiger partial charge on any atom is -0.481 e. The largest absolute Gasteiger partial charge is 0.481 e. The molecule has 0 radical (unpaired) electrons. The maximum absolute atomic E-state index is 5.19. The zero-order valence-electron chi connectivity index (χ0n) is 9.65. The predicted molar refractivity (Wildman–Crippen MR) is 62.7 cm³/mol. The number of nitrogens with one attached hydrogen (secondary N) is 1. The number of pyridine rings is 1. The zero-order chi connectivity index (χ0) is 11.0. The molecule has 2 unspecified atom stereocenters. The molecule has 2 atom stereocenters. The van der Waals surface area contributed by atoms with Crippen LogP contribution in [0.4, 0.5) is 0 Å². The van der Waals surface area contributed by atoms with Gasteiger partial charge in [0.05, 0.1) is 7.11 Å². The normalized spacial score (nSPS) is 32.7. The Bertz CT molecular complexity index is 368. The topological polar surface area (TPSA) is 34.1 Å². The standard InChI is InChI=1S/C13H18N2O/c1-16-13-4-2-3-12(15-13)9-7-10-5-6-11(8-9)14-10/h2-4,9-11,14H,5-8H2,1H3. The Morgan fingerprint density at radius 1 is 1.25 bits per heavy atom. The Hall–Kier alpha value is -1.09. The molecule has 2 aliphatic heterocycles. The van der Waals surface area contributed by atoms with Crippen LogP contribution in [-0.2, 0) is 0 Å². The van der Waals surface area contributed by atoms with Gasteiger partial charge in [0.2, 0.25) is 5.88 Å². The van der Waals surface area contributed by atoms with E-state index in [9.17, 15) is 0 Å². The van der Waals surface area contributed by atoms with Crippen molar-refractivity contribution in [1.82, 2.24) is 10.3 Å². The van der Waals surface area contributed by atoms with E-state index in [1.165, 1.54) is 31.4 Å². The molecule has 2 aliphatic rings. The Labute approximate surface area is 96.2 Å². The van der Waals surface area contributed by atoms with Crippen LogP contribution < -0.4 is 10.1 Å². The van der Waals surface area contributed by atoms with Crippen LogP contribution in [0.5, 0.6) is 5.88 Å². The second kappa shape index (κ2) is 4.06. The summed E-state index contributed by atoms with van der Waals surface area (Å²) in [6.45, 7) is 0. The molecule has 86 valence electrons. The summed E-state index contributed by atoms with van der Waals surface area (Å²) in [5, 5.41) is 3.66. The summed E-state index contributed by atoms with van der Waals surface area (Å²) in [5.41, 5.74) is 1.21. The summed E-state index contributed by atoms with van der Waals surface area (Å²) in [4.78, 5) is 4.56. The molecule has 2 saturated heterocycles. The number of aromatic nitrogens is 1. The van der Waals surface area contributed by atoms with Crippen LogP contribution in [0.1, 0.15) is 37.3 Å². The fourth-order valence-corrected chi connectivity index (χ4v) is 3.07. The van der Waals surface area contributed by atoms with Gasteiger partial charge in [0.15, 0.2) is 0 Å². The SMILES string of the molecule is COc1cccc(C2CC3CCC(C2)N3)n1. The van der Waals surface area contributed by atoms with Crippen molar-refractivity contribution in [2.24, 2.45) is 0 Å². The number of hydrogen-bond donors (Lipinski definition) is 1. The second-order valence-electron chi connectivity index (χ2n) is 4.91. The third kappa shape index (κ3) is 1.80. The van der Waals surface area contributed by atoms with E-state index in [0.29, 0.717) is 5.92 Å². The maximum Gasteiger partial charge on any atom is 0.213 e. The van der Waals surface area contributed by atoms with Gasteiger partial charge in [-0.25, -0.2) is 4.98 Å². The molecule has 0 spiro atoms. The van der Waals surface area contributed by atoms with Crippen LogP contribution in [0.3, 0.4) is 0 Å². The van der Waals surface area contributed by atoms with Crippen LogP contribution >= 0.6 is 0 Å². The average Bonchev–Trinajstić information content (AvgIpc) is 2.68. The molecule has 0 amide bonds. The molecule has 0 saturated carbocycles. The van der Waals surface area contributed by atoms with Crippen LogP contribution in [0.25, 0.3) is 0 Å². The summed E-state index contributed by atoms with van der Waals surface area (Å²) >= 11 is 0. The van der Waals surface area contributed by atoms with Crippen molar-refractivity contribution in [2.45, 2.75) is 43.7 Å². The number of rotatable bonds is 2. The first-order valence-electron chi connectivity index (χ1n) is 6.12. The number of nitrogens with zero attached hydrogens (tertiary/aromatic N) is 1. The highest BCUT2D eigenvalue weighted by Crippen LogP contribution is 2.36. The fraction of sp³-hybridized carbons (Fsp3) is 0.615. The molecule has 3 rings (SSSR count). The Balaban J connectivity index is 1.81. The summed E-state index contributed by atoms with van der Waals surface area (Å²) in [6, 6.07) is 7.54. The van der Waals surface area contributed by atoms with Gasteiger partial charge >= 0.3 is 0 Å². The lowest BCUT2D eigenvalue weighted by molar-refractivity contribution is 0.352. The lowest BCUT2D eigenvalue weighted by atomic mass is 9.89. The minimum absolute atomic E-state index is 0.619. The Morgan fingerprint density at radius 3 is 2.69 bits per heavy atom. The van der Waals surface area contributed by atoms with Crippen molar-refractivity contribution in [3.05, 3.63) is 23.9 Å². The molecule has 2 bridgehead atoms. The summed E-state index contributed by atoms with van der Waals surface area (Å²) in [5.74, 6) is 1.36. The Morgan fingerprint density at radius 2 is 2.00 bits per heavy atom. The van der Waals surface area contributed by atoms with E-state index < -0.39 is 0 Å². The van der Waals surface area contributed by atoms with Gasteiger partial charge in [-0.2, -0.15) is 0 Å². The first-order valence-corrected chi connectivity index (χ1v) is 6.12.